The number of ether oxygens (including phenoxy) is 1. The van der Waals surface area contributed by atoms with Crippen LogP contribution in [0.25, 0.3) is 0 Å². The van der Waals surface area contributed by atoms with Gasteiger partial charge in [-0.3, -0.25) is 0 Å². The van der Waals surface area contributed by atoms with E-state index >= 15 is 0 Å². The molecule has 1 heterocycles. The Hall–Kier alpha value is -1.01. The third kappa shape index (κ3) is 4.74. The summed E-state index contributed by atoms with van der Waals surface area (Å²) in [5, 5.41) is 9.96. The fraction of sp³-hybridized carbons (Fsp3) is 0.533. The molecule has 0 radical (unpaired) electrons. The van der Waals surface area contributed by atoms with E-state index in [0.29, 0.717) is 29.7 Å². The van der Waals surface area contributed by atoms with Crippen LogP contribution in [0.3, 0.4) is 0 Å². The average Bonchev–Trinajstić information content (AvgIpc) is 2.74. The highest BCUT2D eigenvalue weighted by Crippen LogP contribution is 2.29. The average molecular weight is 346 g/mol. The molecule has 3 N–H and O–H groups in total. The fourth-order valence-electron chi connectivity index (χ4n) is 2.48. The molecule has 1 aliphatic rings. The van der Waals surface area contributed by atoms with Crippen molar-refractivity contribution in [2.45, 2.75) is 18.9 Å². The number of nitrogens with one attached hydrogen (secondary N) is 3. The van der Waals surface area contributed by atoms with E-state index in [1.54, 1.807) is 6.07 Å². The minimum absolute atomic E-state index is 0.0965. The van der Waals surface area contributed by atoms with Gasteiger partial charge in [-0.1, -0.05) is 29.3 Å². The van der Waals surface area contributed by atoms with Crippen LogP contribution in [0.2, 0.25) is 10.0 Å². The first-order chi connectivity index (χ1) is 10.6. The second kappa shape index (κ2) is 8.58. The number of hydrogen-bond acceptors (Lipinski definition) is 3. The van der Waals surface area contributed by atoms with Crippen molar-refractivity contribution in [1.82, 2.24) is 16.0 Å². The van der Waals surface area contributed by atoms with Crippen LogP contribution in [-0.2, 0) is 4.74 Å². The van der Waals surface area contributed by atoms with Gasteiger partial charge in [0.25, 0.3) is 0 Å². The number of halogens is 2. The predicted molar refractivity (Wildman–Crippen MR) is 88.9 cm³/mol. The number of urea groups is 1. The highest BCUT2D eigenvalue weighted by Gasteiger charge is 2.26. The molecule has 0 aliphatic carbocycles. The van der Waals surface area contributed by atoms with E-state index in [9.17, 15) is 4.79 Å². The highest BCUT2D eigenvalue weighted by molar-refractivity contribution is 6.42. The lowest BCUT2D eigenvalue weighted by molar-refractivity contribution is 0.0539. The summed E-state index contributed by atoms with van der Waals surface area (Å²) >= 11 is 12.1. The topological polar surface area (TPSA) is 62.4 Å². The van der Waals surface area contributed by atoms with Crippen molar-refractivity contribution < 1.29 is 9.53 Å². The maximum atomic E-state index is 11.6. The van der Waals surface area contributed by atoms with Crippen molar-refractivity contribution in [3.8, 4) is 0 Å². The van der Waals surface area contributed by atoms with Gasteiger partial charge in [-0.25, -0.2) is 4.79 Å². The predicted octanol–water partition coefficient (Wildman–Crippen LogP) is 2.38. The first-order valence-corrected chi connectivity index (χ1v) is 8.16. The second-order valence-electron chi connectivity index (χ2n) is 5.13. The van der Waals surface area contributed by atoms with E-state index in [1.165, 1.54) is 0 Å². The molecule has 0 bridgehead atoms. The van der Waals surface area contributed by atoms with Crippen LogP contribution >= 0.6 is 23.2 Å². The lowest BCUT2D eigenvalue weighted by Gasteiger charge is -2.25. The van der Waals surface area contributed by atoms with Crippen molar-refractivity contribution in [3.63, 3.8) is 0 Å². The molecule has 22 heavy (non-hydrogen) atoms. The van der Waals surface area contributed by atoms with Gasteiger partial charge in [0.2, 0.25) is 0 Å². The largest absolute Gasteiger partial charge is 0.374 e. The second-order valence-corrected chi connectivity index (χ2v) is 5.95. The summed E-state index contributed by atoms with van der Waals surface area (Å²) in [5.74, 6) is 0.0965. The molecule has 2 rings (SSSR count). The van der Waals surface area contributed by atoms with Gasteiger partial charge in [-0.05, 0) is 24.6 Å². The smallest absolute Gasteiger partial charge is 0.314 e. The van der Waals surface area contributed by atoms with Gasteiger partial charge < -0.3 is 20.7 Å². The third-order valence-corrected chi connectivity index (χ3v) is 4.34. The molecule has 2 atom stereocenters. The van der Waals surface area contributed by atoms with Crippen molar-refractivity contribution in [3.05, 3.63) is 33.8 Å². The Labute approximate surface area is 140 Å². The maximum Gasteiger partial charge on any atom is 0.314 e. The van der Waals surface area contributed by atoms with E-state index < -0.39 is 0 Å². The Morgan fingerprint density at radius 3 is 2.91 bits per heavy atom. The number of amides is 2. The van der Waals surface area contributed by atoms with Crippen LogP contribution in [0.4, 0.5) is 4.79 Å². The van der Waals surface area contributed by atoms with Crippen LogP contribution in [0.5, 0.6) is 0 Å². The van der Waals surface area contributed by atoms with Crippen LogP contribution in [0.1, 0.15) is 18.4 Å². The molecule has 1 aliphatic heterocycles. The Balaban J connectivity index is 2.09. The Morgan fingerprint density at radius 1 is 1.36 bits per heavy atom. The minimum Gasteiger partial charge on any atom is -0.374 e. The molecule has 0 spiro atoms. The van der Waals surface area contributed by atoms with Crippen LogP contribution in [0.15, 0.2) is 18.2 Å². The van der Waals surface area contributed by atoms with Crippen molar-refractivity contribution >= 4 is 29.2 Å². The fourth-order valence-corrected chi connectivity index (χ4v) is 2.79. The molecule has 122 valence electrons. The van der Waals surface area contributed by atoms with Crippen LogP contribution < -0.4 is 16.0 Å². The van der Waals surface area contributed by atoms with Crippen molar-refractivity contribution in [1.29, 1.82) is 0 Å². The summed E-state index contributed by atoms with van der Waals surface area (Å²) in [6.07, 6.45) is -0.116. The molecule has 0 aromatic heterocycles. The van der Waals surface area contributed by atoms with E-state index in [2.05, 4.69) is 16.0 Å². The summed E-state index contributed by atoms with van der Waals surface area (Å²) in [7, 11) is 0. The molecule has 7 heteroatoms. The minimum atomic E-state index is -0.184. The normalized spacial score (nSPS) is 22.0. The van der Waals surface area contributed by atoms with Gasteiger partial charge in [0, 0.05) is 32.1 Å². The van der Waals surface area contributed by atoms with Gasteiger partial charge in [0.05, 0.1) is 22.8 Å². The maximum absolute atomic E-state index is 11.6. The molecule has 2 amide bonds. The van der Waals surface area contributed by atoms with Crippen molar-refractivity contribution in [2.75, 3.05) is 32.8 Å². The third-order valence-electron chi connectivity index (χ3n) is 3.60. The molecule has 1 saturated heterocycles. The van der Waals surface area contributed by atoms with Crippen molar-refractivity contribution in [2.24, 2.45) is 0 Å². The zero-order chi connectivity index (χ0) is 15.9. The first kappa shape index (κ1) is 17.3. The van der Waals surface area contributed by atoms with Gasteiger partial charge in [0.15, 0.2) is 0 Å². The first-order valence-electron chi connectivity index (χ1n) is 7.40. The van der Waals surface area contributed by atoms with E-state index in [0.717, 1.165) is 18.7 Å². The Bertz CT molecular complexity index is 514. The summed E-state index contributed by atoms with van der Waals surface area (Å²) in [5.41, 5.74) is 1.05. The lowest BCUT2D eigenvalue weighted by Crippen LogP contribution is -2.42. The molecule has 5 nitrogen and oxygen atoms in total. The number of carbonyl (C=O) groups excluding carboxylic acids is 1. The Morgan fingerprint density at radius 2 is 2.18 bits per heavy atom. The van der Waals surface area contributed by atoms with Gasteiger partial charge in [-0.2, -0.15) is 0 Å². The number of carbonyl (C=O) groups is 1. The molecular weight excluding hydrogens is 325 g/mol. The molecule has 1 fully saturated rings. The summed E-state index contributed by atoms with van der Waals surface area (Å²) in [4.78, 5) is 11.6. The Kier molecular flexibility index (Phi) is 6.76. The monoisotopic (exact) mass is 345 g/mol. The summed E-state index contributed by atoms with van der Waals surface area (Å²) in [6.45, 7) is 5.08. The molecule has 0 saturated carbocycles. The quantitative estimate of drug-likeness (QED) is 0.785. The zero-order valence-electron chi connectivity index (χ0n) is 12.5. The standard InChI is InChI=1S/C15H21Cl2N3O2/c1-2-19-15(21)20-9-14-11(8-18-5-6-22-14)10-3-4-12(16)13(17)7-10/h3-4,7,11,14,18H,2,5-6,8-9H2,1H3,(H2,19,20,21). The molecule has 2 unspecified atom stereocenters. The van der Waals surface area contributed by atoms with E-state index in [1.807, 2.05) is 19.1 Å². The van der Waals surface area contributed by atoms with Gasteiger partial charge in [0.1, 0.15) is 0 Å². The number of benzene rings is 1. The molecule has 1 aromatic rings. The van der Waals surface area contributed by atoms with Gasteiger partial charge >= 0.3 is 6.03 Å². The number of hydrogen-bond donors (Lipinski definition) is 3. The molecule has 1 aromatic carbocycles. The molecular formula is C15H21Cl2N3O2. The van der Waals surface area contributed by atoms with E-state index in [-0.39, 0.29) is 18.1 Å². The van der Waals surface area contributed by atoms with Crippen LogP contribution in [0, 0.1) is 0 Å². The highest BCUT2D eigenvalue weighted by atomic mass is 35.5. The van der Waals surface area contributed by atoms with Gasteiger partial charge in [-0.15, -0.1) is 0 Å². The SMILES string of the molecule is CCNC(=O)NCC1OCCNCC1c1ccc(Cl)c(Cl)c1. The number of rotatable bonds is 4. The van der Waals surface area contributed by atoms with Crippen LogP contribution in [-0.4, -0.2) is 44.9 Å². The summed E-state index contributed by atoms with van der Waals surface area (Å²) < 4.78 is 5.89. The lowest BCUT2D eigenvalue weighted by atomic mass is 9.93. The van der Waals surface area contributed by atoms with E-state index in [4.69, 9.17) is 27.9 Å². The zero-order valence-corrected chi connectivity index (χ0v) is 14.0. The summed E-state index contributed by atoms with van der Waals surface area (Å²) in [6, 6.07) is 5.42.